The number of ether oxygens (including phenoxy) is 1. The molecule has 10 heteroatoms. The zero-order valence-corrected chi connectivity index (χ0v) is 21.9. The molecule has 0 bridgehead atoms. The van der Waals surface area contributed by atoms with E-state index in [4.69, 9.17) is 4.74 Å². The van der Waals surface area contributed by atoms with Gasteiger partial charge in [0.1, 0.15) is 29.0 Å². The van der Waals surface area contributed by atoms with Gasteiger partial charge >= 0.3 is 0 Å². The number of nitrogens with one attached hydrogen (secondary N) is 3. The fraction of sp³-hybridized carbons (Fsp3) is 0.483. The minimum absolute atomic E-state index is 0.0314. The number of H-pyrrole nitrogens is 2. The van der Waals surface area contributed by atoms with Crippen molar-refractivity contribution in [1.82, 2.24) is 25.2 Å². The lowest BCUT2D eigenvalue weighted by molar-refractivity contribution is -0.127. The molecule has 10 nitrogen and oxygen atoms in total. The second-order valence-electron chi connectivity index (χ2n) is 11.0. The van der Waals surface area contributed by atoms with E-state index < -0.39 is 12.1 Å². The van der Waals surface area contributed by atoms with Crippen LogP contribution in [-0.2, 0) is 9.59 Å². The number of carbonyl (C=O) groups excluding carboxylic acids is 4. The van der Waals surface area contributed by atoms with Crippen molar-refractivity contribution >= 4 is 34.3 Å². The van der Waals surface area contributed by atoms with Gasteiger partial charge in [-0.25, -0.2) is 4.98 Å². The Balaban J connectivity index is 1.28. The second-order valence-corrected chi connectivity index (χ2v) is 11.0. The van der Waals surface area contributed by atoms with E-state index in [1.807, 2.05) is 18.2 Å². The lowest BCUT2D eigenvalue weighted by Crippen LogP contribution is -2.53. The number of nitrogens with zero attached hydrogens (tertiary/aromatic N) is 2. The molecule has 3 aliphatic rings. The summed E-state index contributed by atoms with van der Waals surface area (Å²) in [6.45, 7) is 0.494. The van der Waals surface area contributed by atoms with E-state index in [1.54, 1.807) is 18.1 Å². The lowest BCUT2D eigenvalue weighted by atomic mass is 9.91. The molecule has 3 fully saturated rings. The molecule has 2 aromatic heterocycles. The summed E-state index contributed by atoms with van der Waals surface area (Å²) >= 11 is 0. The molecular formula is C29H33N5O5. The van der Waals surface area contributed by atoms with E-state index in [1.165, 1.54) is 12.5 Å². The Labute approximate surface area is 225 Å². The lowest BCUT2D eigenvalue weighted by Gasteiger charge is -2.29. The topological polar surface area (TPSA) is 137 Å². The van der Waals surface area contributed by atoms with Crippen LogP contribution in [0.4, 0.5) is 0 Å². The largest absolute Gasteiger partial charge is 0.496 e. The summed E-state index contributed by atoms with van der Waals surface area (Å²) in [6, 6.07) is 5.79. The number of hydrogen-bond acceptors (Lipinski definition) is 6. The fourth-order valence-corrected chi connectivity index (χ4v) is 6.91. The number of fused-ring (bicyclic) bond motifs is 2. The molecule has 0 radical (unpaired) electrons. The molecule has 1 saturated heterocycles. The normalized spacial score (nSPS) is 25.2. The smallest absolute Gasteiger partial charge is 0.271 e. The number of amides is 2. The van der Waals surface area contributed by atoms with Gasteiger partial charge in [-0.15, -0.1) is 0 Å². The molecule has 0 spiro atoms. The minimum atomic E-state index is -0.875. The third-order valence-corrected chi connectivity index (χ3v) is 8.84. The number of Topliss-reactive ketones (excluding diaryl/α,β-unsaturated/α-hetero) is 2. The zero-order valence-electron chi connectivity index (χ0n) is 21.9. The predicted octanol–water partition coefficient (Wildman–Crippen LogP) is 3.27. The molecule has 2 amide bonds. The molecule has 1 aromatic carbocycles. The van der Waals surface area contributed by atoms with E-state index in [0.29, 0.717) is 30.8 Å². The van der Waals surface area contributed by atoms with Gasteiger partial charge in [0, 0.05) is 29.8 Å². The Kier molecular flexibility index (Phi) is 6.70. The standard InChI is InChI=1S/C29H33N5O5/c1-39-25-10-4-8-20-19(25)12-22(32-20)29(38)34-14-17-6-2-7-18(17)26(34)28(37)33-21(11-16-5-3-9-24(16)35)27(36)23-13-30-15-31-23/h4,8,10,12-13,15-18,21,26,32H,2-3,5-7,9,11,14H2,1H3,(H,30,31)(H,33,37)/t16-,17-,18-,21-,26-/m0/s1. The summed E-state index contributed by atoms with van der Waals surface area (Å²) < 4.78 is 5.45. The van der Waals surface area contributed by atoms with E-state index >= 15 is 0 Å². The number of methoxy groups -OCH3 is 1. The number of carbonyl (C=O) groups is 4. The third-order valence-electron chi connectivity index (χ3n) is 8.84. The fourth-order valence-electron chi connectivity index (χ4n) is 6.91. The highest BCUT2D eigenvalue weighted by atomic mass is 16.5. The van der Waals surface area contributed by atoms with Gasteiger partial charge in [0.05, 0.1) is 25.7 Å². The number of aromatic amines is 2. The van der Waals surface area contributed by atoms with E-state index in [2.05, 4.69) is 20.3 Å². The van der Waals surface area contributed by atoms with Crippen molar-refractivity contribution in [2.24, 2.45) is 17.8 Å². The monoisotopic (exact) mass is 531 g/mol. The first-order chi connectivity index (χ1) is 18.9. The summed E-state index contributed by atoms with van der Waals surface area (Å²) in [5.74, 6) is -0.0804. The van der Waals surface area contributed by atoms with Gasteiger partial charge in [-0.05, 0) is 62.1 Å². The Morgan fingerprint density at radius 1 is 1.18 bits per heavy atom. The number of imidazole rings is 1. The summed E-state index contributed by atoms with van der Waals surface area (Å²) in [5, 5.41) is 3.78. The van der Waals surface area contributed by atoms with Crippen LogP contribution in [0, 0.1) is 17.8 Å². The van der Waals surface area contributed by atoms with Crippen LogP contribution in [-0.4, -0.2) is 69.0 Å². The number of benzene rings is 1. The maximum absolute atomic E-state index is 13.9. The first-order valence-corrected chi connectivity index (χ1v) is 13.8. The van der Waals surface area contributed by atoms with E-state index in [-0.39, 0.29) is 53.2 Å². The molecule has 0 unspecified atom stereocenters. The van der Waals surface area contributed by atoms with Gasteiger partial charge < -0.3 is 24.9 Å². The highest BCUT2D eigenvalue weighted by Gasteiger charge is 2.50. The zero-order chi connectivity index (χ0) is 27.1. The Morgan fingerprint density at radius 3 is 2.79 bits per heavy atom. The van der Waals surface area contributed by atoms with Crippen LogP contribution in [0.2, 0.25) is 0 Å². The quantitative estimate of drug-likeness (QED) is 0.382. The summed E-state index contributed by atoms with van der Waals surface area (Å²) in [4.78, 5) is 65.2. The Morgan fingerprint density at radius 2 is 2.05 bits per heavy atom. The molecule has 204 valence electrons. The molecule has 2 aliphatic carbocycles. The third kappa shape index (κ3) is 4.62. The van der Waals surface area contributed by atoms with Gasteiger partial charge in [-0.3, -0.25) is 19.2 Å². The maximum atomic E-state index is 13.9. The van der Waals surface area contributed by atoms with Crippen molar-refractivity contribution in [3.63, 3.8) is 0 Å². The highest BCUT2D eigenvalue weighted by molar-refractivity contribution is 6.04. The average molecular weight is 532 g/mol. The molecule has 6 rings (SSSR count). The molecule has 3 aromatic rings. The van der Waals surface area contributed by atoms with Gasteiger partial charge in [0.2, 0.25) is 11.7 Å². The molecule has 3 N–H and O–H groups in total. The van der Waals surface area contributed by atoms with Gasteiger partial charge in [-0.2, -0.15) is 0 Å². The van der Waals surface area contributed by atoms with E-state index in [0.717, 1.165) is 36.6 Å². The highest BCUT2D eigenvalue weighted by Crippen LogP contribution is 2.43. The predicted molar refractivity (Wildman–Crippen MR) is 142 cm³/mol. The van der Waals surface area contributed by atoms with E-state index in [9.17, 15) is 19.2 Å². The van der Waals surface area contributed by atoms with Gasteiger partial charge in [0.15, 0.2) is 0 Å². The van der Waals surface area contributed by atoms with Crippen LogP contribution in [0.15, 0.2) is 36.8 Å². The van der Waals surface area contributed by atoms with Gasteiger partial charge in [0.25, 0.3) is 5.91 Å². The summed E-state index contributed by atoms with van der Waals surface area (Å²) in [5.41, 5.74) is 1.47. The van der Waals surface area contributed by atoms with Crippen LogP contribution in [0.1, 0.15) is 65.9 Å². The Bertz CT molecular complexity index is 1410. The molecule has 2 saturated carbocycles. The number of hydrogen-bond donors (Lipinski definition) is 3. The number of likely N-dealkylation sites (tertiary alicyclic amines) is 1. The number of rotatable bonds is 8. The number of aromatic nitrogens is 3. The van der Waals surface area contributed by atoms with Crippen molar-refractivity contribution in [1.29, 1.82) is 0 Å². The van der Waals surface area contributed by atoms with Crippen molar-refractivity contribution < 1.29 is 23.9 Å². The van der Waals surface area contributed by atoms with Crippen LogP contribution < -0.4 is 10.1 Å². The van der Waals surface area contributed by atoms with Crippen LogP contribution >= 0.6 is 0 Å². The minimum Gasteiger partial charge on any atom is -0.496 e. The first kappa shape index (κ1) is 25.3. The maximum Gasteiger partial charge on any atom is 0.271 e. The molecular weight excluding hydrogens is 498 g/mol. The molecule has 5 atom stereocenters. The second kappa shape index (κ2) is 10.3. The first-order valence-electron chi connectivity index (χ1n) is 13.8. The van der Waals surface area contributed by atoms with Crippen LogP contribution in [0.25, 0.3) is 10.9 Å². The average Bonchev–Trinajstić information content (AvgIpc) is 3.75. The molecule has 3 heterocycles. The van der Waals surface area contributed by atoms with Crippen molar-refractivity contribution in [2.75, 3.05) is 13.7 Å². The van der Waals surface area contributed by atoms with Crippen LogP contribution in [0.5, 0.6) is 5.75 Å². The Hall–Kier alpha value is -3.95. The van der Waals surface area contributed by atoms with Gasteiger partial charge in [-0.1, -0.05) is 12.5 Å². The van der Waals surface area contributed by atoms with Crippen LogP contribution in [0.3, 0.4) is 0 Å². The van der Waals surface area contributed by atoms with Crippen molar-refractivity contribution in [2.45, 2.75) is 57.0 Å². The van der Waals surface area contributed by atoms with Crippen molar-refractivity contribution in [3.05, 3.63) is 48.2 Å². The molecule has 39 heavy (non-hydrogen) atoms. The molecule has 1 aliphatic heterocycles. The summed E-state index contributed by atoms with van der Waals surface area (Å²) in [6.07, 6.45) is 7.95. The number of ketones is 2. The van der Waals surface area contributed by atoms with Crippen molar-refractivity contribution in [3.8, 4) is 5.75 Å². The summed E-state index contributed by atoms with van der Waals surface area (Å²) in [7, 11) is 1.59. The SMILES string of the molecule is COc1cccc2[nH]c(C(=O)N3C[C@@H]4CCC[C@@H]4[C@H]3C(=O)N[C@@H](C[C@@H]3CCCC3=O)C(=O)c3cnc[nH]3)cc12.